The summed E-state index contributed by atoms with van der Waals surface area (Å²) in [6.07, 6.45) is 8.67. The minimum absolute atomic E-state index is 0.157. The molecule has 0 saturated carbocycles. The van der Waals surface area contributed by atoms with Crippen LogP contribution in [0, 0.1) is 5.41 Å². The van der Waals surface area contributed by atoms with Crippen molar-refractivity contribution in [1.82, 2.24) is 0 Å². The second-order valence-corrected chi connectivity index (χ2v) is 3.54. The maximum atomic E-state index is 11.0. The summed E-state index contributed by atoms with van der Waals surface area (Å²) in [6.45, 7) is 4.08. The Kier molecular flexibility index (Phi) is 3.04. The van der Waals surface area contributed by atoms with E-state index in [2.05, 4.69) is 6.92 Å². The molecule has 0 aromatic rings. The molecule has 0 aromatic heterocycles. The predicted octanol–water partition coefficient (Wildman–Crippen LogP) is 1.82. The molecule has 0 amide bonds. The van der Waals surface area contributed by atoms with E-state index >= 15 is 0 Å². The molecule has 0 aliphatic heterocycles. The van der Waals surface area contributed by atoms with Crippen molar-refractivity contribution in [2.24, 2.45) is 11.1 Å². The van der Waals surface area contributed by atoms with E-state index in [1.54, 1.807) is 0 Å². The predicted molar refractivity (Wildman–Crippen MR) is 54.3 cm³/mol. The first kappa shape index (κ1) is 10.2. The topological polar surface area (TPSA) is 43.1 Å². The molecule has 2 heteroatoms. The Labute approximate surface area is 79.5 Å². The maximum absolute atomic E-state index is 11.0. The smallest absolute Gasteiger partial charge is 0.131 e. The van der Waals surface area contributed by atoms with E-state index in [-0.39, 0.29) is 6.04 Å². The second kappa shape index (κ2) is 3.88. The van der Waals surface area contributed by atoms with Crippen molar-refractivity contribution < 1.29 is 4.79 Å². The molecule has 0 unspecified atom stereocenters. The van der Waals surface area contributed by atoms with Crippen LogP contribution in [0.2, 0.25) is 0 Å². The molecule has 2 N–H and O–H groups in total. The fourth-order valence-corrected chi connectivity index (χ4v) is 1.61. The highest BCUT2D eigenvalue weighted by Gasteiger charge is 2.32. The van der Waals surface area contributed by atoms with E-state index in [9.17, 15) is 4.79 Å². The lowest BCUT2D eigenvalue weighted by atomic mass is 9.75. The van der Waals surface area contributed by atoms with E-state index in [1.807, 2.05) is 25.2 Å². The van der Waals surface area contributed by atoms with Gasteiger partial charge in [0.05, 0.1) is 5.41 Å². The lowest BCUT2D eigenvalue weighted by Gasteiger charge is -2.31. The third-order valence-electron chi connectivity index (χ3n) is 2.86. The molecule has 2 nitrogen and oxygen atoms in total. The summed E-state index contributed by atoms with van der Waals surface area (Å²) >= 11 is 0. The van der Waals surface area contributed by atoms with E-state index in [0.29, 0.717) is 0 Å². The third kappa shape index (κ3) is 1.73. The molecule has 72 valence electrons. The average Bonchev–Trinajstić information content (AvgIpc) is 2.18. The van der Waals surface area contributed by atoms with Gasteiger partial charge in [-0.25, -0.2) is 0 Å². The van der Waals surface area contributed by atoms with Gasteiger partial charge in [-0.05, 0) is 12.8 Å². The Hall–Kier alpha value is -0.890. The van der Waals surface area contributed by atoms with Crippen LogP contribution in [0.3, 0.4) is 0 Å². The Morgan fingerprint density at radius 2 is 2.31 bits per heavy atom. The highest BCUT2D eigenvalue weighted by atomic mass is 16.1. The first-order valence-corrected chi connectivity index (χ1v) is 4.80. The number of nitrogens with two attached hydrogens (primary N) is 1. The Morgan fingerprint density at radius 1 is 1.62 bits per heavy atom. The second-order valence-electron chi connectivity index (χ2n) is 3.54. The minimum Gasteiger partial charge on any atom is -0.323 e. The van der Waals surface area contributed by atoms with Crippen molar-refractivity contribution in [2.45, 2.75) is 32.7 Å². The van der Waals surface area contributed by atoms with Gasteiger partial charge in [-0.1, -0.05) is 37.6 Å². The van der Waals surface area contributed by atoms with Crippen molar-refractivity contribution in [2.75, 3.05) is 0 Å². The summed E-state index contributed by atoms with van der Waals surface area (Å²) in [5, 5.41) is 0. The van der Waals surface area contributed by atoms with Gasteiger partial charge in [-0.3, -0.25) is 0 Å². The Balaban J connectivity index is 2.92. The molecule has 0 bridgehead atoms. The quantitative estimate of drug-likeness (QED) is 0.671. The van der Waals surface area contributed by atoms with Crippen LogP contribution in [-0.4, -0.2) is 12.3 Å². The SMILES string of the molecule is CCC1=C[C@H](N)[C@@](C=O)(CC)C=C1. The van der Waals surface area contributed by atoms with Crippen LogP contribution < -0.4 is 5.73 Å². The van der Waals surface area contributed by atoms with Crippen molar-refractivity contribution in [3.8, 4) is 0 Å². The summed E-state index contributed by atoms with van der Waals surface area (Å²) < 4.78 is 0. The van der Waals surface area contributed by atoms with Crippen LogP contribution in [0.15, 0.2) is 23.8 Å². The molecule has 0 radical (unpaired) electrons. The zero-order valence-electron chi connectivity index (χ0n) is 8.29. The fourth-order valence-electron chi connectivity index (χ4n) is 1.61. The van der Waals surface area contributed by atoms with Gasteiger partial charge < -0.3 is 10.5 Å². The van der Waals surface area contributed by atoms with E-state index in [4.69, 9.17) is 5.73 Å². The zero-order valence-corrected chi connectivity index (χ0v) is 8.29. The molecule has 1 aliphatic rings. The van der Waals surface area contributed by atoms with Crippen LogP contribution in [-0.2, 0) is 4.79 Å². The number of carbonyl (C=O) groups is 1. The van der Waals surface area contributed by atoms with Gasteiger partial charge in [0.2, 0.25) is 0 Å². The summed E-state index contributed by atoms with van der Waals surface area (Å²) in [5.41, 5.74) is 6.70. The number of hydrogen-bond donors (Lipinski definition) is 1. The number of carbonyl (C=O) groups excluding carboxylic acids is 1. The van der Waals surface area contributed by atoms with Gasteiger partial charge in [0.15, 0.2) is 0 Å². The molecule has 0 spiro atoms. The highest BCUT2D eigenvalue weighted by molar-refractivity contribution is 5.66. The molecule has 1 rings (SSSR count). The van der Waals surface area contributed by atoms with Crippen LogP contribution in [0.25, 0.3) is 0 Å². The molecule has 0 heterocycles. The van der Waals surface area contributed by atoms with Gasteiger partial charge in [0.1, 0.15) is 6.29 Å². The first-order valence-electron chi connectivity index (χ1n) is 4.80. The largest absolute Gasteiger partial charge is 0.323 e. The summed E-state index contributed by atoms with van der Waals surface area (Å²) in [6, 6.07) is -0.157. The van der Waals surface area contributed by atoms with Gasteiger partial charge >= 0.3 is 0 Å². The van der Waals surface area contributed by atoms with Crippen molar-refractivity contribution in [3.05, 3.63) is 23.8 Å². The van der Waals surface area contributed by atoms with E-state index in [1.165, 1.54) is 5.57 Å². The lowest BCUT2D eigenvalue weighted by molar-refractivity contribution is -0.114. The summed E-state index contributed by atoms with van der Waals surface area (Å²) in [4.78, 5) is 11.0. The molecule has 0 fully saturated rings. The zero-order chi connectivity index (χ0) is 9.90. The van der Waals surface area contributed by atoms with Crippen LogP contribution in [0.5, 0.6) is 0 Å². The highest BCUT2D eigenvalue weighted by Crippen LogP contribution is 2.30. The number of hydrogen-bond acceptors (Lipinski definition) is 2. The molecule has 2 atom stereocenters. The van der Waals surface area contributed by atoms with Crippen LogP contribution >= 0.6 is 0 Å². The van der Waals surface area contributed by atoms with Crippen LogP contribution in [0.1, 0.15) is 26.7 Å². The Bertz CT molecular complexity index is 255. The van der Waals surface area contributed by atoms with Crippen molar-refractivity contribution in [1.29, 1.82) is 0 Å². The number of aldehydes is 1. The minimum atomic E-state index is -0.460. The molecule has 0 aromatic carbocycles. The average molecular weight is 179 g/mol. The van der Waals surface area contributed by atoms with Crippen molar-refractivity contribution >= 4 is 6.29 Å². The van der Waals surface area contributed by atoms with Gasteiger partial charge in [0.25, 0.3) is 0 Å². The molecular formula is C11H17NO. The number of allylic oxidation sites excluding steroid dienone is 2. The normalized spacial score (nSPS) is 32.8. The van der Waals surface area contributed by atoms with E-state index in [0.717, 1.165) is 19.1 Å². The monoisotopic (exact) mass is 179 g/mol. The fraction of sp³-hybridized carbons (Fsp3) is 0.545. The molecular weight excluding hydrogens is 162 g/mol. The first-order chi connectivity index (χ1) is 6.18. The number of rotatable bonds is 3. The molecule has 0 saturated heterocycles. The standard InChI is InChI=1S/C11H17NO/c1-3-9-5-6-11(4-2,8-13)10(12)7-9/h5-8,10H,3-4,12H2,1-2H3/t10-,11-/m0/s1. The summed E-state index contributed by atoms with van der Waals surface area (Å²) in [5.74, 6) is 0. The van der Waals surface area contributed by atoms with Gasteiger partial charge in [-0.15, -0.1) is 0 Å². The lowest BCUT2D eigenvalue weighted by Crippen LogP contribution is -2.41. The Morgan fingerprint density at radius 3 is 2.69 bits per heavy atom. The molecule has 1 aliphatic carbocycles. The van der Waals surface area contributed by atoms with Gasteiger partial charge in [-0.2, -0.15) is 0 Å². The third-order valence-corrected chi connectivity index (χ3v) is 2.86. The van der Waals surface area contributed by atoms with Gasteiger partial charge in [0, 0.05) is 6.04 Å². The molecule has 13 heavy (non-hydrogen) atoms. The van der Waals surface area contributed by atoms with E-state index < -0.39 is 5.41 Å². The summed E-state index contributed by atoms with van der Waals surface area (Å²) in [7, 11) is 0. The van der Waals surface area contributed by atoms with Crippen LogP contribution in [0.4, 0.5) is 0 Å². The van der Waals surface area contributed by atoms with Crippen molar-refractivity contribution in [3.63, 3.8) is 0 Å². The maximum Gasteiger partial charge on any atom is 0.131 e.